The number of rotatable bonds is 4. The summed E-state index contributed by atoms with van der Waals surface area (Å²) in [4.78, 5) is 23.5. The number of carboxylic acid groups (broad SMARTS) is 1. The Morgan fingerprint density at radius 1 is 1.60 bits per heavy atom. The number of benzene rings is 1. The van der Waals surface area contributed by atoms with Gasteiger partial charge in [-0.2, -0.15) is 11.8 Å². The fraction of sp³-hybridized carbons (Fsp3) is 0.417. The molecular formula is C12H13BrN2O4S. The lowest BCUT2D eigenvalue weighted by atomic mass is 10.1. The maximum Gasteiger partial charge on any atom is 0.305 e. The van der Waals surface area contributed by atoms with Crippen LogP contribution in [-0.4, -0.2) is 40.1 Å². The first kappa shape index (κ1) is 15.1. The van der Waals surface area contributed by atoms with E-state index in [1.165, 1.54) is 6.07 Å². The van der Waals surface area contributed by atoms with E-state index >= 15 is 0 Å². The zero-order valence-corrected chi connectivity index (χ0v) is 12.9. The van der Waals surface area contributed by atoms with Gasteiger partial charge in [0.15, 0.2) is 0 Å². The summed E-state index contributed by atoms with van der Waals surface area (Å²) in [6.45, 7) is 0.611. The number of carbonyl (C=O) groups is 1. The van der Waals surface area contributed by atoms with Crippen molar-refractivity contribution in [2.45, 2.75) is 12.5 Å². The van der Waals surface area contributed by atoms with Crippen molar-refractivity contribution in [3.8, 4) is 0 Å². The van der Waals surface area contributed by atoms with E-state index in [1.807, 2.05) is 4.90 Å². The average molecular weight is 361 g/mol. The third-order valence-corrected chi connectivity index (χ3v) is 4.67. The lowest BCUT2D eigenvalue weighted by Crippen LogP contribution is -2.44. The second-order valence-electron chi connectivity index (χ2n) is 4.41. The van der Waals surface area contributed by atoms with Crippen LogP contribution in [-0.2, 0) is 4.79 Å². The van der Waals surface area contributed by atoms with E-state index in [-0.39, 0.29) is 18.2 Å². The van der Waals surface area contributed by atoms with Gasteiger partial charge in [-0.3, -0.25) is 14.9 Å². The van der Waals surface area contributed by atoms with Crippen molar-refractivity contribution in [1.82, 2.24) is 0 Å². The molecule has 20 heavy (non-hydrogen) atoms. The molecule has 1 heterocycles. The molecule has 1 saturated heterocycles. The number of halogens is 1. The van der Waals surface area contributed by atoms with Crippen LogP contribution in [0.2, 0.25) is 0 Å². The number of hydrogen-bond acceptors (Lipinski definition) is 5. The van der Waals surface area contributed by atoms with Crippen LogP contribution in [0.1, 0.15) is 6.42 Å². The summed E-state index contributed by atoms with van der Waals surface area (Å²) in [7, 11) is 0. The van der Waals surface area contributed by atoms with Crippen molar-refractivity contribution in [1.29, 1.82) is 0 Å². The topological polar surface area (TPSA) is 83.7 Å². The second-order valence-corrected chi connectivity index (χ2v) is 6.48. The number of anilines is 1. The molecule has 0 aromatic heterocycles. The molecule has 1 N–H and O–H groups in total. The van der Waals surface area contributed by atoms with Crippen molar-refractivity contribution < 1.29 is 14.8 Å². The highest BCUT2D eigenvalue weighted by Crippen LogP contribution is 2.35. The number of nitro groups is 1. The number of nitro benzene ring substituents is 1. The molecule has 108 valence electrons. The minimum atomic E-state index is -0.889. The molecule has 1 atom stereocenters. The van der Waals surface area contributed by atoms with Crippen molar-refractivity contribution >= 4 is 45.0 Å². The van der Waals surface area contributed by atoms with Gasteiger partial charge < -0.3 is 10.0 Å². The van der Waals surface area contributed by atoms with Gasteiger partial charge in [0, 0.05) is 34.6 Å². The Bertz CT molecular complexity index is 540. The van der Waals surface area contributed by atoms with Crippen LogP contribution in [0.15, 0.2) is 22.7 Å². The van der Waals surface area contributed by atoms with Gasteiger partial charge in [0.05, 0.1) is 11.3 Å². The van der Waals surface area contributed by atoms with Gasteiger partial charge in [-0.1, -0.05) is 15.9 Å². The van der Waals surface area contributed by atoms with E-state index < -0.39 is 10.9 Å². The molecule has 1 fully saturated rings. The summed E-state index contributed by atoms with van der Waals surface area (Å²) >= 11 is 4.99. The predicted molar refractivity (Wildman–Crippen MR) is 81.5 cm³/mol. The maximum absolute atomic E-state index is 11.1. The van der Waals surface area contributed by atoms with Crippen LogP contribution in [0.25, 0.3) is 0 Å². The van der Waals surface area contributed by atoms with Crippen LogP contribution in [0.4, 0.5) is 11.4 Å². The minimum absolute atomic E-state index is 0.00971. The number of hydrogen-bond donors (Lipinski definition) is 1. The number of nitrogens with zero attached hydrogens (tertiary/aromatic N) is 2. The molecule has 1 aromatic carbocycles. The largest absolute Gasteiger partial charge is 0.481 e. The van der Waals surface area contributed by atoms with Gasteiger partial charge in [0.25, 0.3) is 5.69 Å². The molecule has 1 unspecified atom stereocenters. The van der Waals surface area contributed by atoms with Crippen LogP contribution in [0, 0.1) is 10.1 Å². The third-order valence-electron chi connectivity index (χ3n) is 3.08. The molecule has 0 bridgehead atoms. The maximum atomic E-state index is 11.1. The minimum Gasteiger partial charge on any atom is -0.481 e. The average Bonchev–Trinajstić information content (AvgIpc) is 2.38. The van der Waals surface area contributed by atoms with Crippen LogP contribution in [0.3, 0.4) is 0 Å². The molecule has 0 spiro atoms. The van der Waals surface area contributed by atoms with Crippen molar-refractivity contribution in [3.05, 3.63) is 32.8 Å². The Morgan fingerprint density at radius 2 is 2.35 bits per heavy atom. The molecule has 8 heteroatoms. The highest BCUT2D eigenvalue weighted by atomic mass is 79.9. The fourth-order valence-corrected chi connectivity index (χ4v) is 3.64. The van der Waals surface area contributed by atoms with E-state index in [1.54, 1.807) is 23.9 Å². The van der Waals surface area contributed by atoms with Crippen LogP contribution < -0.4 is 4.90 Å². The quantitative estimate of drug-likeness (QED) is 0.656. The van der Waals surface area contributed by atoms with E-state index in [2.05, 4.69) is 15.9 Å². The van der Waals surface area contributed by atoms with E-state index in [9.17, 15) is 14.9 Å². The van der Waals surface area contributed by atoms with Crippen LogP contribution >= 0.6 is 27.7 Å². The molecule has 1 aliphatic rings. The summed E-state index contributed by atoms with van der Waals surface area (Å²) < 4.78 is 0.741. The van der Waals surface area contributed by atoms with Gasteiger partial charge in [0.2, 0.25) is 0 Å². The summed E-state index contributed by atoms with van der Waals surface area (Å²) in [5, 5.41) is 20.1. The highest BCUT2D eigenvalue weighted by Gasteiger charge is 2.29. The Kier molecular flexibility index (Phi) is 4.87. The van der Waals surface area contributed by atoms with Crippen molar-refractivity contribution in [2.24, 2.45) is 0 Å². The zero-order chi connectivity index (χ0) is 14.7. The third kappa shape index (κ3) is 3.43. The Labute approximate surface area is 128 Å². The highest BCUT2D eigenvalue weighted by molar-refractivity contribution is 9.10. The molecule has 1 aliphatic heterocycles. The molecule has 0 radical (unpaired) electrons. The summed E-state index contributed by atoms with van der Waals surface area (Å²) in [5.41, 5.74) is 0.492. The number of carboxylic acids is 1. The van der Waals surface area contributed by atoms with Gasteiger partial charge in [-0.25, -0.2) is 0 Å². The number of thioether (sulfide) groups is 1. The molecular weight excluding hydrogens is 348 g/mol. The van der Waals surface area contributed by atoms with Gasteiger partial charge in [0.1, 0.15) is 5.69 Å². The van der Waals surface area contributed by atoms with Crippen molar-refractivity contribution in [2.75, 3.05) is 23.0 Å². The molecule has 1 aromatic rings. The smallest absolute Gasteiger partial charge is 0.305 e. The molecule has 6 nitrogen and oxygen atoms in total. The predicted octanol–water partition coefficient (Wildman–Crippen LogP) is 2.75. The van der Waals surface area contributed by atoms with E-state index in [0.29, 0.717) is 18.0 Å². The molecule has 0 saturated carbocycles. The van der Waals surface area contributed by atoms with Gasteiger partial charge in [-0.15, -0.1) is 0 Å². The first-order chi connectivity index (χ1) is 9.49. The van der Waals surface area contributed by atoms with Crippen molar-refractivity contribution in [3.63, 3.8) is 0 Å². The lowest BCUT2D eigenvalue weighted by Gasteiger charge is -2.36. The molecule has 0 aliphatic carbocycles. The summed E-state index contributed by atoms with van der Waals surface area (Å²) in [6.07, 6.45) is -0.0172. The summed E-state index contributed by atoms with van der Waals surface area (Å²) in [6, 6.07) is 4.52. The number of aliphatic carboxylic acids is 1. The van der Waals surface area contributed by atoms with Gasteiger partial charge in [-0.05, 0) is 12.1 Å². The molecule has 0 amide bonds. The van der Waals surface area contributed by atoms with Gasteiger partial charge >= 0.3 is 5.97 Å². The second kappa shape index (κ2) is 6.45. The normalized spacial score (nSPS) is 18.9. The monoisotopic (exact) mass is 360 g/mol. The van der Waals surface area contributed by atoms with Crippen LogP contribution in [0.5, 0.6) is 0 Å². The van der Waals surface area contributed by atoms with E-state index in [4.69, 9.17) is 5.11 Å². The Balaban J connectivity index is 2.38. The molecule has 2 rings (SSSR count). The fourth-order valence-electron chi connectivity index (χ4n) is 2.22. The standard InChI is InChI=1S/C12H13BrN2O4S/c13-8-1-2-10(15(18)19)11(5-8)14-3-4-20-7-9(14)6-12(16)17/h1-2,5,9H,3-4,6-7H2,(H,16,17). The SMILES string of the molecule is O=C(O)CC1CSCCN1c1cc(Br)ccc1[N+](=O)[O-]. The first-order valence-corrected chi connectivity index (χ1v) is 7.94. The first-order valence-electron chi connectivity index (χ1n) is 5.99. The lowest BCUT2D eigenvalue weighted by molar-refractivity contribution is -0.384. The Hall–Kier alpha value is -1.28. The zero-order valence-electron chi connectivity index (χ0n) is 10.5. The Morgan fingerprint density at radius 3 is 3.00 bits per heavy atom. The van der Waals surface area contributed by atoms with E-state index in [0.717, 1.165) is 10.2 Å². The summed E-state index contributed by atoms with van der Waals surface area (Å²) in [5.74, 6) is 0.607.